The van der Waals surface area contributed by atoms with Crippen molar-refractivity contribution in [1.82, 2.24) is 4.98 Å². The first-order valence-electron chi connectivity index (χ1n) is 5.99. The predicted octanol–water partition coefficient (Wildman–Crippen LogP) is 4.46. The van der Waals surface area contributed by atoms with Crippen LogP contribution in [-0.2, 0) is 0 Å². The van der Waals surface area contributed by atoms with Crippen molar-refractivity contribution in [1.29, 1.82) is 0 Å². The molecule has 0 unspecified atom stereocenters. The van der Waals surface area contributed by atoms with Gasteiger partial charge in [-0.15, -0.1) is 0 Å². The van der Waals surface area contributed by atoms with Gasteiger partial charge >= 0.3 is 0 Å². The zero-order chi connectivity index (χ0) is 14.1. The highest BCUT2D eigenvalue weighted by atomic mass is 79.9. The van der Waals surface area contributed by atoms with E-state index >= 15 is 0 Å². The van der Waals surface area contributed by atoms with E-state index in [1.165, 1.54) is 6.07 Å². The van der Waals surface area contributed by atoms with Gasteiger partial charge in [-0.2, -0.15) is 0 Å². The van der Waals surface area contributed by atoms with Crippen LogP contribution in [0, 0.1) is 5.82 Å². The van der Waals surface area contributed by atoms with Gasteiger partial charge in [-0.1, -0.05) is 12.1 Å². The van der Waals surface area contributed by atoms with Crippen LogP contribution in [0.2, 0.25) is 0 Å². The Labute approximate surface area is 123 Å². The maximum Gasteiger partial charge on any atom is 0.139 e. The van der Waals surface area contributed by atoms with Gasteiger partial charge in [-0.05, 0) is 39.5 Å². The lowest BCUT2D eigenvalue weighted by Crippen LogP contribution is -1.98. The number of rotatable bonds is 2. The molecule has 0 saturated heterocycles. The second-order valence-corrected chi connectivity index (χ2v) is 5.24. The van der Waals surface area contributed by atoms with Gasteiger partial charge in [-0.3, -0.25) is 4.98 Å². The van der Waals surface area contributed by atoms with Gasteiger partial charge in [0.2, 0.25) is 0 Å². The van der Waals surface area contributed by atoms with Crippen LogP contribution < -0.4 is 11.1 Å². The molecule has 3 aromatic rings. The Bertz CT molecular complexity index is 784. The molecule has 5 heteroatoms. The Hall–Kier alpha value is -2.14. The van der Waals surface area contributed by atoms with Crippen LogP contribution >= 0.6 is 15.9 Å². The van der Waals surface area contributed by atoms with Crippen molar-refractivity contribution in [2.75, 3.05) is 11.1 Å². The second kappa shape index (κ2) is 5.09. The molecule has 0 fully saturated rings. The fraction of sp³-hybridized carbons (Fsp3) is 0. The van der Waals surface area contributed by atoms with E-state index in [1.807, 2.05) is 24.3 Å². The lowest BCUT2D eigenvalue weighted by atomic mass is 10.1. The van der Waals surface area contributed by atoms with Crippen molar-refractivity contribution < 1.29 is 4.39 Å². The van der Waals surface area contributed by atoms with Crippen molar-refractivity contribution in [3.05, 3.63) is 59.1 Å². The third-order valence-corrected chi connectivity index (χ3v) is 3.65. The fourth-order valence-electron chi connectivity index (χ4n) is 2.04. The molecule has 1 aromatic heterocycles. The Balaban J connectivity index is 2.08. The summed E-state index contributed by atoms with van der Waals surface area (Å²) in [6.45, 7) is 0. The van der Waals surface area contributed by atoms with Crippen molar-refractivity contribution in [2.24, 2.45) is 0 Å². The first kappa shape index (κ1) is 12.9. The third kappa shape index (κ3) is 2.32. The summed E-state index contributed by atoms with van der Waals surface area (Å²) in [6.07, 6.45) is 3.50. The molecule has 3 rings (SSSR count). The number of aromatic nitrogens is 1. The molecule has 0 aliphatic rings. The average molecular weight is 332 g/mol. The molecular formula is C15H11BrFN3. The fourth-order valence-corrected chi connectivity index (χ4v) is 2.40. The number of halogens is 2. The van der Waals surface area contributed by atoms with E-state index in [0.29, 0.717) is 15.8 Å². The van der Waals surface area contributed by atoms with Crippen molar-refractivity contribution in [3.63, 3.8) is 0 Å². The lowest BCUT2D eigenvalue weighted by molar-refractivity contribution is 0.622. The summed E-state index contributed by atoms with van der Waals surface area (Å²) < 4.78 is 14.0. The smallest absolute Gasteiger partial charge is 0.139 e. The molecule has 1 heterocycles. The highest BCUT2D eigenvalue weighted by molar-refractivity contribution is 9.10. The number of benzene rings is 2. The lowest BCUT2D eigenvalue weighted by Gasteiger charge is -2.12. The number of pyridine rings is 1. The number of hydrogen-bond acceptors (Lipinski definition) is 3. The molecular weight excluding hydrogens is 321 g/mol. The van der Waals surface area contributed by atoms with E-state index in [2.05, 4.69) is 26.2 Å². The van der Waals surface area contributed by atoms with E-state index in [9.17, 15) is 4.39 Å². The maximum atomic E-state index is 13.6. The van der Waals surface area contributed by atoms with Crippen LogP contribution in [0.15, 0.2) is 53.3 Å². The molecule has 100 valence electrons. The summed E-state index contributed by atoms with van der Waals surface area (Å²) >= 11 is 3.11. The summed E-state index contributed by atoms with van der Waals surface area (Å²) in [7, 11) is 0. The van der Waals surface area contributed by atoms with Crippen LogP contribution in [0.4, 0.5) is 21.5 Å². The van der Waals surface area contributed by atoms with Crippen molar-refractivity contribution in [2.45, 2.75) is 0 Å². The molecule has 3 nitrogen and oxygen atoms in total. The number of hydrogen-bond donors (Lipinski definition) is 2. The molecule has 0 spiro atoms. The number of fused-ring (bicyclic) bond motifs is 1. The van der Waals surface area contributed by atoms with Crippen LogP contribution in [0.1, 0.15) is 0 Å². The van der Waals surface area contributed by atoms with Crippen LogP contribution in [0.5, 0.6) is 0 Å². The minimum atomic E-state index is -0.361. The number of nitrogen functional groups attached to an aromatic ring is 1. The molecule has 0 radical (unpaired) electrons. The summed E-state index contributed by atoms with van der Waals surface area (Å²) in [5.74, 6) is -0.361. The molecule has 0 amide bonds. The van der Waals surface area contributed by atoms with E-state index in [4.69, 9.17) is 5.73 Å². The third-order valence-electron chi connectivity index (χ3n) is 3.05. The van der Waals surface area contributed by atoms with Gasteiger partial charge in [0, 0.05) is 29.5 Å². The standard InChI is InChI=1S/C15H11BrFN3/c16-11-6-13(18)15(7-12(11)17)20-14-3-1-2-9-4-5-19-8-10(9)14/h1-8,20H,18H2. The summed E-state index contributed by atoms with van der Waals surface area (Å²) in [5.41, 5.74) is 7.75. The highest BCUT2D eigenvalue weighted by Crippen LogP contribution is 2.31. The van der Waals surface area contributed by atoms with Crippen molar-refractivity contribution in [3.8, 4) is 0 Å². The van der Waals surface area contributed by atoms with E-state index in [1.54, 1.807) is 18.5 Å². The molecule has 0 bridgehead atoms. The van der Waals surface area contributed by atoms with E-state index in [0.717, 1.165) is 16.5 Å². The average Bonchev–Trinajstić information content (AvgIpc) is 2.45. The Morgan fingerprint density at radius 2 is 2.00 bits per heavy atom. The number of anilines is 3. The molecule has 20 heavy (non-hydrogen) atoms. The molecule has 0 aliphatic heterocycles. The van der Waals surface area contributed by atoms with Crippen LogP contribution in [-0.4, -0.2) is 4.98 Å². The van der Waals surface area contributed by atoms with E-state index < -0.39 is 0 Å². The zero-order valence-corrected chi connectivity index (χ0v) is 12.0. The number of nitrogens with two attached hydrogens (primary N) is 1. The molecule has 0 saturated carbocycles. The molecule has 0 atom stereocenters. The molecule has 3 N–H and O–H groups in total. The van der Waals surface area contributed by atoms with Gasteiger partial charge in [-0.25, -0.2) is 4.39 Å². The van der Waals surface area contributed by atoms with Gasteiger partial charge in [0.25, 0.3) is 0 Å². The molecule has 0 aliphatic carbocycles. The Morgan fingerprint density at radius 1 is 1.15 bits per heavy atom. The largest absolute Gasteiger partial charge is 0.397 e. The van der Waals surface area contributed by atoms with Crippen LogP contribution in [0.25, 0.3) is 10.8 Å². The van der Waals surface area contributed by atoms with Crippen molar-refractivity contribution >= 4 is 43.8 Å². The van der Waals surface area contributed by atoms with Gasteiger partial charge in [0.1, 0.15) is 5.82 Å². The normalized spacial score (nSPS) is 10.7. The topological polar surface area (TPSA) is 50.9 Å². The minimum Gasteiger partial charge on any atom is -0.397 e. The van der Waals surface area contributed by atoms with E-state index in [-0.39, 0.29) is 5.82 Å². The quantitative estimate of drug-likeness (QED) is 0.681. The first-order valence-corrected chi connectivity index (χ1v) is 6.79. The Kier molecular flexibility index (Phi) is 3.28. The predicted molar refractivity (Wildman–Crippen MR) is 83.5 cm³/mol. The van der Waals surface area contributed by atoms with Gasteiger partial charge < -0.3 is 11.1 Å². The van der Waals surface area contributed by atoms with Gasteiger partial charge in [0.15, 0.2) is 0 Å². The maximum absolute atomic E-state index is 13.6. The van der Waals surface area contributed by atoms with Crippen LogP contribution in [0.3, 0.4) is 0 Å². The second-order valence-electron chi connectivity index (χ2n) is 4.38. The number of nitrogens with zero attached hydrogens (tertiary/aromatic N) is 1. The highest BCUT2D eigenvalue weighted by Gasteiger charge is 2.08. The molecule has 2 aromatic carbocycles. The Morgan fingerprint density at radius 3 is 2.85 bits per heavy atom. The zero-order valence-electron chi connectivity index (χ0n) is 10.4. The summed E-state index contributed by atoms with van der Waals surface area (Å²) in [6, 6.07) is 10.7. The minimum absolute atomic E-state index is 0.347. The monoisotopic (exact) mass is 331 g/mol. The summed E-state index contributed by atoms with van der Waals surface area (Å²) in [5, 5.41) is 5.17. The summed E-state index contributed by atoms with van der Waals surface area (Å²) in [4.78, 5) is 4.12. The number of nitrogens with one attached hydrogen (secondary N) is 1. The first-order chi connectivity index (χ1) is 9.65. The van der Waals surface area contributed by atoms with Gasteiger partial charge in [0.05, 0.1) is 15.8 Å². The SMILES string of the molecule is Nc1cc(Br)c(F)cc1Nc1cccc2ccncc12.